The number of H-pyrrole nitrogens is 1. The average Bonchev–Trinajstić information content (AvgIpc) is 2.75. The van der Waals surface area contributed by atoms with E-state index in [4.69, 9.17) is 34.8 Å². The summed E-state index contributed by atoms with van der Waals surface area (Å²) >= 11 is 18.3. The summed E-state index contributed by atoms with van der Waals surface area (Å²) < 4.78 is 0. The van der Waals surface area contributed by atoms with Crippen molar-refractivity contribution in [2.45, 2.75) is 18.2 Å². The quantitative estimate of drug-likeness (QED) is 0.393. The van der Waals surface area contributed by atoms with E-state index in [2.05, 4.69) is 10.3 Å². The molecule has 1 atom stereocenters. The van der Waals surface area contributed by atoms with Gasteiger partial charge >= 0.3 is 0 Å². The molecule has 1 heterocycles. The number of amides is 1. The molecule has 2 aromatic carbocycles. The Bertz CT molecular complexity index is 1290. The molecule has 7 heteroatoms. The Hall–Kier alpha value is -2.79. The number of rotatable bonds is 4. The minimum absolute atomic E-state index is 0.0201. The Kier molecular flexibility index (Phi) is 6.29. The lowest BCUT2D eigenvalue weighted by Gasteiger charge is -2.21. The van der Waals surface area contributed by atoms with E-state index >= 15 is 0 Å². The van der Waals surface area contributed by atoms with Crippen LogP contribution >= 0.6 is 34.8 Å². The Morgan fingerprint density at radius 2 is 1.66 bits per heavy atom. The second-order valence-electron chi connectivity index (χ2n) is 7.74. The van der Waals surface area contributed by atoms with E-state index < -0.39 is 16.3 Å². The van der Waals surface area contributed by atoms with Crippen molar-refractivity contribution in [1.82, 2.24) is 4.98 Å². The molecule has 0 bridgehead atoms. The second-order valence-corrected chi connectivity index (χ2v) is 9.48. The number of hydrogen-bond donors (Lipinski definition) is 2. The van der Waals surface area contributed by atoms with Crippen LogP contribution in [-0.2, 0) is 0 Å². The van der Waals surface area contributed by atoms with Crippen molar-refractivity contribution in [2.24, 2.45) is 0 Å². The SMILES string of the molecule is CC1(Cl)C=CC(c2cc(-c3ccc(Cl)cc3)[nH]c(=O)c2C(=O)Nc2ccc(Cl)cc2)=CC1. The fourth-order valence-electron chi connectivity index (χ4n) is 3.43. The van der Waals surface area contributed by atoms with E-state index in [0.29, 0.717) is 33.4 Å². The van der Waals surface area contributed by atoms with Crippen LogP contribution in [0, 0.1) is 0 Å². The molecular formula is C25H19Cl3N2O2. The number of pyridine rings is 1. The average molecular weight is 486 g/mol. The largest absolute Gasteiger partial charge is 0.322 e. The molecule has 0 spiro atoms. The van der Waals surface area contributed by atoms with E-state index in [1.54, 1.807) is 42.5 Å². The van der Waals surface area contributed by atoms with E-state index in [9.17, 15) is 9.59 Å². The number of hydrogen-bond acceptors (Lipinski definition) is 2. The van der Waals surface area contributed by atoms with Crippen LogP contribution in [-0.4, -0.2) is 15.8 Å². The van der Waals surface area contributed by atoms with Crippen LogP contribution in [0.4, 0.5) is 5.69 Å². The van der Waals surface area contributed by atoms with Gasteiger partial charge in [0, 0.05) is 27.0 Å². The minimum Gasteiger partial charge on any atom is -0.322 e. The van der Waals surface area contributed by atoms with Crippen molar-refractivity contribution < 1.29 is 4.79 Å². The second kappa shape index (κ2) is 8.99. The zero-order valence-electron chi connectivity index (χ0n) is 17.1. The predicted octanol–water partition coefficient (Wildman–Crippen LogP) is 6.94. The first-order valence-electron chi connectivity index (χ1n) is 9.91. The first kappa shape index (κ1) is 22.4. The highest BCUT2D eigenvalue weighted by Crippen LogP contribution is 2.33. The van der Waals surface area contributed by atoms with Gasteiger partial charge in [-0.25, -0.2) is 0 Å². The van der Waals surface area contributed by atoms with Crippen molar-refractivity contribution in [3.8, 4) is 11.3 Å². The minimum atomic E-state index is -0.514. The van der Waals surface area contributed by atoms with Gasteiger partial charge < -0.3 is 10.3 Å². The standard InChI is InChI=1S/C25H19Cl3N2O2/c1-25(28)12-10-15(11-13-25)20-14-21(16-2-4-17(26)5-3-16)30-24(32)22(20)23(31)29-19-8-6-18(27)7-9-19/h2-12,14H,13H2,1H3,(H,29,31)(H,30,32). The third-order valence-corrected chi connectivity index (χ3v) is 5.94. The van der Waals surface area contributed by atoms with Crippen LogP contribution < -0.4 is 10.9 Å². The monoisotopic (exact) mass is 484 g/mol. The summed E-state index contributed by atoms with van der Waals surface area (Å²) in [7, 11) is 0. The number of aromatic nitrogens is 1. The van der Waals surface area contributed by atoms with Crippen molar-refractivity contribution in [3.63, 3.8) is 0 Å². The summed E-state index contributed by atoms with van der Waals surface area (Å²) in [4.78, 5) is 28.6. The summed E-state index contributed by atoms with van der Waals surface area (Å²) in [6.07, 6.45) is 6.22. The number of halogens is 3. The molecule has 1 aromatic heterocycles. The molecule has 4 nitrogen and oxygen atoms in total. The summed E-state index contributed by atoms with van der Waals surface area (Å²) in [6, 6.07) is 15.6. The fourth-order valence-corrected chi connectivity index (χ4v) is 3.83. The molecule has 2 N–H and O–H groups in total. The molecule has 0 saturated heterocycles. The van der Waals surface area contributed by atoms with Crippen molar-refractivity contribution in [2.75, 3.05) is 5.32 Å². The molecule has 0 fully saturated rings. The molecular weight excluding hydrogens is 467 g/mol. The maximum atomic E-state index is 13.1. The molecule has 32 heavy (non-hydrogen) atoms. The number of carbonyl (C=O) groups is 1. The van der Waals surface area contributed by atoms with Crippen LogP contribution in [0.25, 0.3) is 16.8 Å². The molecule has 0 radical (unpaired) electrons. The van der Waals surface area contributed by atoms with Gasteiger partial charge in [0.25, 0.3) is 11.5 Å². The number of anilines is 1. The highest BCUT2D eigenvalue weighted by atomic mass is 35.5. The number of allylic oxidation sites excluding steroid dienone is 4. The zero-order chi connectivity index (χ0) is 22.9. The van der Waals surface area contributed by atoms with Gasteiger partial charge in [0.1, 0.15) is 5.56 Å². The first-order chi connectivity index (χ1) is 15.2. The first-order valence-corrected chi connectivity index (χ1v) is 11.0. The Morgan fingerprint density at radius 3 is 2.25 bits per heavy atom. The number of aromatic amines is 1. The molecule has 0 aliphatic heterocycles. The van der Waals surface area contributed by atoms with Crippen molar-refractivity contribution in [1.29, 1.82) is 0 Å². The number of nitrogens with one attached hydrogen (secondary N) is 2. The lowest BCUT2D eigenvalue weighted by molar-refractivity contribution is 0.102. The number of benzene rings is 2. The zero-order valence-corrected chi connectivity index (χ0v) is 19.4. The number of carbonyl (C=O) groups excluding carboxylic acids is 1. The van der Waals surface area contributed by atoms with Crippen LogP contribution in [0.5, 0.6) is 0 Å². The highest BCUT2D eigenvalue weighted by molar-refractivity contribution is 6.31. The maximum absolute atomic E-state index is 13.1. The van der Waals surface area contributed by atoms with Gasteiger partial charge in [-0.15, -0.1) is 11.6 Å². The summed E-state index contributed by atoms with van der Waals surface area (Å²) in [5.74, 6) is -0.514. The molecule has 1 aliphatic rings. The van der Waals surface area contributed by atoms with Gasteiger partial charge in [-0.1, -0.05) is 53.6 Å². The van der Waals surface area contributed by atoms with Crippen LogP contribution in [0.3, 0.4) is 0 Å². The molecule has 162 valence electrons. The Morgan fingerprint density at radius 1 is 1.03 bits per heavy atom. The molecule has 4 rings (SSSR count). The topological polar surface area (TPSA) is 62.0 Å². The van der Waals surface area contributed by atoms with E-state index in [1.165, 1.54) is 0 Å². The summed E-state index contributed by atoms with van der Waals surface area (Å²) in [5.41, 5.74) is 2.70. The Balaban J connectivity index is 1.81. The highest BCUT2D eigenvalue weighted by Gasteiger charge is 2.24. The van der Waals surface area contributed by atoms with Crippen LogP contribution in [0.1, 0.15) is 29.3 Å². The van der Waals surface area contributed by atoms with Gasteiger partial charge in [-0.2, -0.15) is 0 Å². The summed E-state index contributed by atoms with van der Waals surface area (Å²) in [6.45, 7) is 1.91. The molecule has 1 unspecified atom stereocenters. The van der Waals surface area contributed by atoms with Gasteiger partial charge in [0.15, 0.2) is 0 Å². The third-order valence-electron chi connectivity index (χ3n) is 5.16. The van der Waals surface area contributed by atoms with E-state index in [-0.39, 0.29) is 5.56 Å². The van der Waals surface area contributed by atoms with Crippen LogP contribution in [0.2, 0.25) is 10.0 Å². The van der Waals surface area contributed by atoms with Crippen molar-refractivity contribution in [3.05, 3.63) is 104 Å². The van der Waals surface area contributed by atoms with Gasteiger partial charge in [-0.3, -0.25) is 9.59 Å². The molecule has 3 aromatic rings. The normalized spacial score (nSPS) is 17.7. The van der Waals surface area contributed by atoms with Gasteiger partial charge in [-0.05, 0) is 66.9 Å². The van der Waals surface area contributed by atoms with Crippen molar-refractivity contribution >= 4 is 52.0 Å². The predicted molar refractivity (Wildman–Crippen MR) is 133 cm³/mol. The lowest BCUT2D eigenvalue weighted by Crippen LogP contribution is -2.26. The third kappa shape index (κ3) is 4.99. The van der Waals surface area contributed by atoms with E-state index in [0.717, 1.165) is 11.1 Å². The lowest BCUT2D eigenvalue weighted by atomic mass is 9.90. The Labute approximate surface area is 200 Å². The van der Waals surface area contributed by atoms with Gasteiger partial charge in [0.05, 0.1) is 4.87 Å². The fraction of sp³-hybridized carbons (Fsp3) is 0.120. The molecule has 1 aliphatic carbocycles. The molecule has 1 amide bonds. The maximum Gasteiger partial charge on any atom is 0.261 e. The number of alkyl halides is 1. The van der Waals surface area contributed by atoms with E-state index in [1.807, 2.05) is 37.3 Å². The summed E-state index contributed by atoms with van der Waals surface area (Å²) in [5, 5.41) is 3.92. The smallest absolute Gasteiger partial charge is 0.261 e. The molecule has 0 saturated carbocycles. The van der Waals surface area contributed by atoms with Gasteiger partial charge in [0.2, 0.25) is 0 Å². The van der Waals surface area contributed by atoms with Crippen LogP contribution in [0.15, 0.2) is 77.6 Å².